The number of rotatable bonds is 7. The Morgan fingerprint density at radius 2 is 1.86 bits per heavy atom. The monoisotopic (exact) mass is 301 g/mol. The maximum absolute atomic E-state index is 11.5. The number of nitrogens with one attached hydrogen (secondary N) is 1. The number of carboxylic acid groups (broad SMARTS) is 1. The molecule has 2 N–H and O–H groups in total. The average molecular weight is 301 g/mol. The highest BCUT2D eigenvalue weighted by Gasteiger charge is 2.23. The molecule has 1 amide bonds. The van der Waals surface area contributed by atoms with Gasteiger partial charge in [-0.15, -0.1) is 0 Å². The van der Waals surface area contributed by atoms with Crippen molar-refractivity contribution in [3.8, 4) is 0 Å². The van der Waals surface area contributed by atoms with Crippen LogP contribution in [0.3, 0.4) is 0 Å². The van der Waals surface area contributed by atoms with E-state index in [2.05, 4.69) is 10.1 Å². The molecule has 0 aliphatic heterocycles. The van der Waals surface area contributed by atoms with E-state index in [-0.39, 0.29) is 19.0 Å². The van der Waals surface area contributed by atoms with E-state index in [9.17, 15) is 14.4 Å². The Balaban J connectivity index is 4.17. The quantitative estimate of drug-likeness (QED) is 0.549. The normalized spacial score (nSPS) is 12.8. The fourth-order valence-corrected chi connectivity index (χ4v) is 1.32. The third-order valence-electron chi connectivity index (χ3n) is 2.16. The van der Waals surface area contributed by atoms with E-state index in [1.807, 2.05) is 0 Å². The molecule has 0 aromatic carbocycles. The first-order chi connectivity index (χ1) is 9.61. The van der Waals surface area contributed by atoms with Gasteiger partial charge in [0.15, 0.2) is 0 Å². The number of carboxylic acids is 1. The molecule has 7 heteroatoms. The maximum Gasteiger partial charge on any atom is 0.408 e. The average Bonchev–Trinajstić information content (AvgIpc) is 2.28. The lowest BCUT2D eigenvalue weighted by Crippen LogP contribution is -2.43. The minimum absolute atomic E-state index is 0.145. The highest BCUT2D eigenvalue weighted by atomic mass is 16.6. The number of esters is 1. The summed E-state index contributed by atoms with van der Waals surface area (Å²) in [4.78, 5) is 33.1. The number of ether oxygens (including phenoxy) is 2. The number of alkyl carbamates (subject to hydrolysis) is 1. The molecule has 1 atom stereocenters. The van der Waals surface area contributed by atoms with Crippen LogP contribution in [-0.4, -0.2) is 41.4 Å². The molecule has 0 bridgehead atoms. The summed E-state index contributed by atoms with van der Waals surface area (Å²) in [5, 5.41) is 11.3. The minimum Gasteiger partial charge on any atom is -0.480 e. The Morgan fingerprint density at radius 3 is 2.33 bits per heavy atom. The molecule has 0 heterocycles. The second-order valence-electron chi connectivity index (χ2n) is 5.39. The molecule has 0 spiro atoms. The van der Waals surface area contributed by atoms with Crippen LogP contribution in [-0.2, 0) is 19.1 Å². The number of hydrogen-bond donors (Lipinski definition) is 2. The van der Waals surface area contributed by atoms with E-state index < -0.39 is 23.7 Å². The van der Waals surface area contributed by atoms with Crippen LogP contribution in [0.4, 0.5) is 4.79 Å². The number of amides is 1. The Labute approximate surface area is 124 Å². The van der Waals surface area contributed by atoms with Gasteiger partial charge in [0.05, 0.1) is 0 Å². The van der Waals surface area contributed by atoms with Gasteiger partial charge in [0.2, 0.25) is 0 Å². The first-order valence-corrected chi connectivity index (χ1v) is 6.62. The highest BCUT2D eigenvalue weighted by Crippen LogP contribution is 2.08. The van der Waals surface area contributed by atoms with Crippen LogP contribution in [0, 0.1) is 0 Å². The summed E-state index contributed by atoms with van der Waals surface area (Å²) in [5.74, 6) is -1.51. The Bertz CT molecular complexity index is 397. The molecule has 120 valence electrons. The Morgan fingerprint density at radius 1 is 1.24 bits per heavy atom. The van der Waals surface area contributed by atoms with Gasteiger partial charge in [-0.3, -0.25) is 4.79 Å². The molecule has 0 aromatic heterocycles. The van der Waals surface area contributed by atoms with Gasteiger partial charge in [-0.25, -0.2) is 9.59 Å². The van der Waals surface area contributed by atoms with Crippen molar-refractivity contribution in [2.24, 2.45) is 0 Å². The molecule has 21 heavy (non-hydrogen) atoms. The second kappa shape index (κ2) is 8.99. The first-order valence-electron chi connectivity index (χ1n) is 6.62. The van der Waals surface area contributed by atoms with Gasteiger partial charge in [-0.05, 0) is 33.6 Å². The van der Waals surface area contributed by atoms with Crippen molar-refractivity contribution >= 4 is 18.0 Å². The van der Waals surface area contributed by atoms with Crippen molar-refractivity contribution < 1.29 is 29.0 Å². The maximum atomic E-state index is 11.5. The number of carbonyl (C=O) groups excluding carboxylic acids is 2. The van der Waals surface area contributed by atoms with Crippen LogP contribution in [0.1, 0.15) is 40.5 Å². The van der Waals surface area contributed by atoms with Gasteiger partial charge in [0.25, 0.3) is 0 Å². The molecule has 0 aliphatic rings. The summed E-state index contributed by atoms with van der Waals surface area (Å²) in [5.41, 5.74) is -0.683. The highest BCUT2D eigenvalue weighted by molar-refractivity contribution is 5.79. The topological polar surface area (TPSA) is 102 Å². The van der Waals surface area contributed by atoms with E-state index in [1.165, 1.54) is 6.92 Å². The number of allylic oxidation sites excluding steroid dienone is 1. The summed E-state index contributed by atoms with van der Waals surface area (Å²) < 4.78 is 9.68. The molecule has 0 aromatic rings. The zero-order chi connectivity index (χ0) is 16.5. The van der Waals surface area contributed by atoms with Crippen LogP contribution in [0.25, 0.3) is 0 Å². The number of aliphatic carboxylic acids is 1. The fraction of sp³-hybridized carbons (Fsp3) is 0.643. The fourth-order valence-electron chi connectivity index (χ4n) is 1.32. The molecular formula is C14H23NO6. The number of carbonyl (C=O) groups is 3. The first kappa shape index (κ1) is 18.9. The molecule has 0 rings (SSSR count). The smallest absolute Gasteiger partial charge is 0.408 e. The van der Waals surface area contributed by atoms with E-state index >= 15 is 0 Å². The Hall–Kier alpha value is -2.05. The van der Waals surface area contributed by atoms with Gasteiger partial charge < -0.3 is 19.9 Å². The lowest BCUT2D eigenvalue weighted by Gasteiger charge is -2.21. The lowest BCUT2D eigenvalue weighted by molar-refractivity contribution is -0.140. The minimum atomic E-state index is -1.13. The van der Waals surface area contributed by atoms with E-state index in [0.717, 1.165) is 0 Å². The molecule has 7 nitrogen and oxygen atoms in total. The molecular weight excluding hydrogens is 278 g/mol. The van der Waals surface area contributed by atoms with Gasteiger partial charge in [0.1, 0.15) is 18.2 Å². The molecule has 0 saturated carbocycles. The van der Waals surface area contributed by atoms with Crippen molar-refractivity contribution in [1.29, 1.82) is 0 Å². The van der Waals surface area contributed by atoms with Gasteiger partial charge in [0, 0.05) is 6.92 Å². The summed E-state index contributed by atoms with van der Waals surface area (Å²) in [6.45, 7) is 6.53. The SMILES string of the molecule is CC(=O)OCC=CCCC(NC(=O)OC(C)(C)C)C(=O)O. The van der Waals surface area contributed by atoms with Gasteiger partial charge >= 0.3 is 18.0 Å². The van der Waals surface area contributed by atoms with Crippen molar-refractivity contribution in [1.82, 2.24) is 5.32 Å². The zero-order valence-corrected chi connectivity index (χ0v) is 12.8. The van der Waals surface area contributed by atoms with E-state index in [1.54, 1.807) is 32.9 Å². The molecule has 1 unspecified atom stereocenters. The van der Waals surface area contributed by atoms with Gasteiger partial charge in [-0.2, -0.15) is 0 Å². The van der Waals surface area contributed by atoms with Crippen molar-refractivity contribution in [3.05, 3.63) is 12.2 Å². The summed E-state index contributed by atoms with van der Waals surface area (Å²) >= 11 is 0. The lowest BCUT2D eigenvalue weighted by atomic mass is 10.1. The summed E-state index contributed by atoms with van der Waals surface area (Å²) in [6.07, 6.45) is 3.18. The third kappa shape index (κ3) is 11.5. The Kier molecular flexibility index (Phi) is 8.11. The van der Waals surface area contributed by atoms with Crippen LogP contribution < -0.4 is 5.32 Å². The van der Waals surface area contributed by atoms with E-state index in [0.29, 0.717) is 6.42 Å². The van der Waals surface area contributed by atoms with E-state index in [4.69, 9.17) is 9.84 Å². The van der Waals surface area contributed by atoms with Crippen molar-refractivity contribution in [2.45, 2.75) is 52.2 Å². The number of hydrogen-bond acceptors (Lipinski definition) is 5. The predicted molar refractivity (Wildman–Crippen MR) is 75.8 cm³/mol. The second-order valence-corrected chi connectivity index (χ2v) is 5.39. The zero-order valence-electron chi connectivity index (χ0n) is 12.8. The van der Waals surface area contributed by atoms with Crippen LogP contribution in [0.15, 0.2) is 12.2 Å². The largest absolute Gasteiger partial charge is 0.480 e. The van der Waals surface area contributed by atoms with Crippen molar-refractivity contribution in [3.63, 3.8) is 0 Å². The molecule has 0 saturated heterocycles. The third-order valence-corrected chi connectivity index (χ3v) is 2.16. The molecule has 0 fully saturated rings. The summed E-state index contributed by atoms with van der Waals surface area (Å²) in [7, 11) is 0. The standard InChI is InChI=1S/C14H23NO6/c1-10(16)20-9-7-5-6-8-11(12(17)18)15-13(19)21-14(2,3)4/h5,7,11H,6,8-9H2,1-4H3,(H,15,19)(H,17,18). The predicted octanol–water partition coefficient (Wildman–Crippen LogP) is 1.86. The van der Waals surface area contributed by atoms with Gasteiger partial charge in [-0.1, -0.05) is 12.2 Å². The van der Waals surface area contributed by atoms with Crippen LogP contribution in [0.5, 0.6) is 0 Å². The molecule has 0 aliphatic carbocycles. The molecule has 0 radical (unpaired) electrons. The van der Waals surface area contributed by atoms with Crippen molar-refractivity contribution in [2.75, 3.05) is 6.61 Å². The van der Waals surface area contributed by atoms with Crippen LogP contribution in [0.2, 0.25) is 0 Å². The van der Waals surface area contributed by atoms with Crippen LogP contribution >= 0.6 is 0 Å². The summed E-state index contributed by atoms with van der Waals surface area (Å²) in [6, 6.07) is -1.03.